The molecule has 0 atom stereocenters. The molecule has 15 heavy (non-hydrogen) atoms. The van der Waals surface area contributed by atoms with Gasteiger partial charge in [0.15, 0.2) is 6.29 Å². The number of aryl methyl sites for hydroxylation is 1. The smallest absolute Gasteiger partial charge is 0.160 e. The lowest BCUT2D eigenvalue weighted by Crippen LogP contribution is -2.09. The third-order valence-corrected chi connectivity index (χ3v) is 3.18. The highest BCUT2D eigenvalue weighted by Crippen LogP contribution is 2.31. The largest absolute Gasteiger partial charge is 0.377 e. The van der Waals surface area contributed by atoms with Gasteiger partial charge in [-0.15, -0.1) is 11.3 Å². The molecule has 0 spiro atoms. The number of fused-ring (bicyclic) bond motifs is 1. The lowest BCUT2D eigenvalue weighted by molar-refractivity contribution is 0.112. The summed E-state index contributed by atoms with van der Waals surface area (Å²) in [4.78, 5) is 18.8. The maximum atomic E-state index is 10.7. The molecule has 0 fully saturated rings. The summed E-state index contributed by atoms with van der Waals surface area (Å²) in [6.45, 7) is 1.97. The molecule has 4 heteroatoms. The normalized spacial score (nSPS) is 10.6. The van der Waals surface area contributed by atoms with E-state index < -0.39 is 0 Å². The number of pyridine rings is 1. The van der Waals surface area contributed by atoms with Crippen LogP contribution in [-0.4, -0.2) is 25.4 Å². The number of rotatable bonds is 2. The molecule has 2 rings (SSSR count). The molecule has 0 amide bonds. The molecule has 0 N–H and O–H groups in total. The Hall–Kier alpha value is -1.42. The highest BCUT2D eigenvalue weighted by molar-refractivity contribution is 7.20. The predicted molar refractivity (Wildman–Crippen MR) is 64.1 cm³/mol. The zero-order valence-corrected chi connectivity index (χ0v) is 9.76. The predicted octanol–water partition coefficient (Wildman–Crippen LogP) is 2.48. The van der Waals surface area contributed by atoms with Crippen molar-refractivity contribution in [1.82, 2.24) is 4.98 Å². The van der Waals surface area contributed by atoms with Crippen LogP contribution >= 0.6 is 11.3 Å². The van der Waals surface area contributed by atoms with Crippen LogP contribution in [0.3, 0.4) is 0 Å². The number of thiophene rings is 1. The van der Waals surface area contributed by atoms with Crippen molar-refractivity contribution >= 4 is 33.5 Å². The van der Waals surface area contributed by atoms with E-state index in [0.29, 0.717) is 0 Å². The highest BCUT2D eigenvalue weighted by atomic mass is 32.1. The minimum Gasteiger partial charge on any atom is -0.377 e. The Kier molecular flexibility index (Phi) is 2.44. The van der Waals surface area contributed by atoms with Crippen LogP contribution in [0.5, 0.6) is 0 Å². The zero-order valence-electron chi connectivity index (χ0n) is 8.94. The zero-order chi connectivity index (χ0) is 11.0. The Labute approximate surface area is 92.4 Å². The first kappa shape index (κ1) is 10.1. The van der Waals surface area contributed by atoms with Gasteiger partial charge in [-0.05, 0) is 19.1 Å². The molecule has 2 aromatic rings. The van der Waals surface area contributed by atoms with Crippen molar-refractivity contribution in [2.75, 3.05) is 19.0 Å². The Balaban J connectivity index is 2.77. The number of aromatic nitrogens is 1. The molecule has 0 saturated heterocycles. The molecular formula is C11H12N2OS. The van der Waals surface area contributed by atoms with Crippen molar-refractivity contribution in [3.63, 3.8) is 0 Å². The van der Waals surface area contributed by atoms with Crippen LogP contribution in [0.2, 0.25) is 0 Å². The summed E-state index contributed by atoms with van der Waals surface area (Å²) in [5.41, 5.74) is 2.09. The van der Waals surface area contributed by atoms with Gasteiger partial charge in [-0.1, -0.05) is 0 Å². The van der Waals surface area contributed by atoms with E-state index in [2.05, 4.69) is 4.98 Å². The highest BCUT2D eigenvalue weighted by Gasteiger charge is 2.09. The molecule has 0 saturated carbocycles. The maximum Gasteiger partial charge on any atom is 0.160 e. The van der Waals surface area contributed by atoms with Crippen molar-refractivity contribution in [3.05, 3.63) is 22.7 Å². The summed E-state index contributed by atoms with van der Waals surface area (Å²) >= 11 is 1.44. The third-order valence-electron chi connectivity index (χ3n) is 2.23. The molecule has 0 aliphatic rings. The number of hydrogen-bond acceptors (Lipinski definition) is 4. The Morgan fingerprint density at radius 1 is 1.40 bits per heavy atom. The summed E-state index contributed by atoms with van der Waals surface area (Å²) in [6.07, 6.45) is 0.876. The van der Waals surface area contributed by atoms with Crippen LogP contribution in [0, 0.1) is 6.92 Å². The van der Waals surface area contributed by atoms with Crippen LogP contribution in [0.25, 0.3) is 10.2 Å². The topological polar surface area (TPSA) is 33.2 Å². The average molecular weight is 220 g/mol. The van der Waals surface area contributed by atoms with Crippen molar-refractivity contribution in [3.8, 4) is 0 Å². The molecule has 2 heterocycles. The summed E-state index contributed by atoms with van der Waals surface area (Å²) < 4.78 is 0. The van der Waals surface area contributed by atoms with Gasteiger partial charge < -0.3 is 4.90 Å². The third kappa shape index (κ3) is 1.72. The molecule has 0 aromatic carbocycles. The van der Waals surface area contributed by atoms with Gasteiger partial charge in [0, 0.05) is 30.9 Å². The van der Waals surface area contributed by atoms with Crippen LogP contribution in [0.15, 0.2) is 12.1 Å². The quantitative estimate of drug-likeness (QED) is 0.729. The SMILES string of the molecule is Cc1cc(N(C)C)c2cc(C=O)sc2n1. The van der Waals surface area contributed by atoms with Gasteiger partial charge in [0.05, 0.1) is 4.88 Å². The van der Waals surface area contributed by atoms with Crippen molar-refractivity contribution in [1.29, 1.82) is 0 Å². The maximum absolute atomic E-state index is 10.7. The summed E-state index contributed by atoms with van der Waals surface area (Å²) in [5.74, 6) is 0. The van der Waals surface area contributed by atoms with E-state index in [1.165, 1.54) is 11.3 Å². The van der Waals surface area contributed by atoms with Gasteiger partial charge in [-0.3, -0.25) is 4.79 Å². The van der Waals surface area contributed by atoms with Crippen molar-refractivity contribution in [2.24, 2.45) is 0 Å². The fourth-order valence-corrected chi connectivity index (χ4v) is 2.47. The Bertz CT molecular complexity index is 517. The standard InChI is InChI=1S/C11H12N2OS/c1-7-4-10(13(2)3)9-5-8(6-14)15-11(9)12-7/h4-6H,1-3H3. The fourth-order valence-electron chi connectivity index (χ4n) is 1.56. The van der Waals surface area contributed by atoms with E-state index in [1.54, 1.807) is 0 Å². The molecule has 78 valence electrons. The number of anilines is 1. The van der Waals surface area contributed by atoms with E-state index >= 15 is 0 Å². The second kappa shape index (κ2) is 3.62. The lowest BCUT2D eigenvalue weighted by atomic mass is 10.2. The molecule has 0 unspecified atom stereocenters. The molecule has 0 bridgehead atoms. The van der Waals surface area contributed by atoms with Gasteiger partial charge in [0.2, 0.25) is 0 Å². The summed E-state index contributed by atoms with van der Waals surface area (Å²) in [5, 5.41) is 1.05. The van der Waals surface area contributed by atoms with Crippen LogP contribution in [0.4, 0.5) is 5.69 Å². The molecule has 0 aliphatic heterocycles. The van der Waals surface area contributed by atoms with Crippen LogP contribution in [-0.2, 0) is 0 Å². The first-order valence-corrected chi connectivity index (χ1v) is 5.47. The first-order valence-electron chi connectivity index (χ1n) is 4.65. The Morgan fingerprint density at radius 2 is 2.13 bits per heavy atom. The van der Waals surface area contributed by atoms with E-state index in [1.807, 2.05) is 38.1 Å². The van der Waals surface area contributed by atoms with Crippen LogP contribution < -0.4 is 4.90 Å². The fraction of sp³-hybridized carbons (Fsp3) is 0.273. The number of carbonyl (C=O) groups is 1. The molecule has 0 radical (unpaired) electrons. The number of aldehydes is 1. The van der Waals surface area contributed by atoms with Gasteiger partial charge in [0.1, 0.15) is 4.83 Å². The average Bonchev–Trinajstić information content (AvgIpc) is 2.58. The van der Waals surface area contributed by atoms with Gasteiger partial charge in [0.25, 0.3) is 0 Å². The summed E-state index contributed by atoms with van der Waals surface area (Å²) in [6, 6.07) is 3.93. The monoisotopic (exact) mass is 220 g/mol. The lowest BCUT2D eigenvalue weighted by Gasteiger charge is -2.13. The van der Waals surface area contributed by atoms with E-state index in [0.717, 1.165) is 32.8 Å². The number of carbonyl (C=O) groups excluding carboxylic acids is 1. The van der Waals surface area contributed by atoms with E-state index in [4.69, 9.17) is 0 Å². The Morgan fingerprint density at radius 3 is 2.73 bits per heavy atom. The van der Waals surface area contributed by atoms with Gasteiger partial charge >= 0.3 is 0 Å². The molecular weight excluding hydrogens is 208 g/mol. The molecule has 3 nitrogen and oxygen atoms in total. The van der Waals surface area contributed by atoms with Crippen LogP contribution in [0.1, 0.15) is 15.4 Å². The van der Waals surface area contributed by atoms with Crippen molar-refractivity contribution in [2.45, 2.75) is 6.92 Å². The van der Waals surface area contributed by atoms with Gasteiger partial charge in [-0.2, -0.15) is 0 Å². The second-order valence-electron chi connectivity index (χ2n) is 3.66. The molecule has 0 aliphatic carbocycles. The second-order valence-corrected chi connectivity index (χ2v) is 4.72. The minimum absolute atomic E-state index is 0.728. The number of hydrogen-bond donors (Lipinski definition) is 0. The van der Waals surface area contributed by atoms with Crippen molar-refractivity contribution < 1.29 is 4.79 Å². The first-order chi connectivity index (χ1) is 7.11. The van der Waals surface area contributed by atoms with E-state index in [-0.39, 0.29) is 0 Å². The molecule has 2 aromatic heterocycles. The summed E-state index contributed by atoms with van der Waals surface area (Å²) in [7, 11) is 3.99. The van der Waals surface area contributed by atoms with E-state index in [9.17, 15) is 4.79 Å². The minimum atomic E-state index is 0.728. The van der Waals surface area contributed by atoms with Gasteiger partial charge in [-0.25, -0.2) is 4.98 Å². The number of nitrogens with zero attached hydrogens (tertiary/aromatic N) is 2.